The van der Waals surface area contributed by atoms with Gasteiger partial charge in [-0.3, -0.25) is 9.59 Å². The highest BCUT2D eigenvalue weighted by Crippen LogP contribution is 2.37. The van der Waals surface area contributed by atoms with E-state index in [0.29, 0.717) is 6.54 Å². The Morgan fingerprint density at radius 3 is 2.39 bits per heavy atom. The smallest absolute Gasteiger partial charge is 0.322 e. The van der Waals surface area contributed by atoms with Gasteiger partial charge in [0.25, 0.3) is 5.91 Å². The summed E-state index contributed by atoms with van der Waals surface area (Å²) in [5.41, 5.74) is 2.77. The second-order valence-electron chi connectivity index (χ2n) is 7.24. The van der Waals surface area contributed by atoms with Gasteiger partial charge in [-0.15, -0.1) is 0 Å². The molecule has 0 aliphatic carbocycles. The summed E-state index contributed by atoms with van der Waals surface area (Å²) < 4.78 is 1.68. The highest BCUT2D eigenvalue weighted by molar-refractivity contribution is 6.36. The molecule has 0 spiro atoms. The van der Waals surface area contributed by atoms with Gasteiger partial charge in [-0.05, 0) is 16.7 Å². The number of nitrogens with zero attached hydrogens (tertiary/aromatic N) is 3. The SMILES string of the molecule is N#Cc1nc(C(=O)NCC(=O)O)c(O)c2c(Cl)cn(Cc3ccc(-c4ccccc4)cc3)c12. The van der Waals surface area contributed by atoms with E-state index >= 15 is 0 Å². The van der Waals surface area contributed by atoms with Gasteiger partial charge in [0.15, 0.2) is 17.1 Å². The normalized spacial score (nSPS) is 10.7. The average Bonchev–Trinajstić information content (AvgIpc) is 3.15. The van der Waals surface area contributed by atoms with Gasteiger partial charge in [-0.1, -0.05) is 66.2 Å². The molecule has 0 aliphatic heterocycles. The van der Waals surface area contributed by atoms with Crippen LogP contribution in [0.25, 0.3) is 22.0 Å². The van der Waals surface area contributed by atoms with Gasteiger partial charge in [-0.2, -0.15) is 5.26 Å². The van der Waals surface area contributed by atoms with Gasteiger partial charge in [0, 0.05) is 12.7 Å². The number of fused-ring (bicyclic) bond motifs is 1. The third-order valence-corrected chi connectivity index (χ3v) is 5.36. The number of aromatic hydroxyl groups is 1. The number of rotatable bonds is 6. The third kappa shape index (κ3) is 4.35. The molecule has 4 aromatic rings. The van der Waals surface area contributed by atoms with Crippen LogP contribution in [0.2, 0.25) is 5.02 Å². The predicted octanol–water partition coefficient (Wildman–Crippen LogP) is 3.80. The van der Waals surface area contributed by atoms with Crippen molar-refractivity contribution in [1.29, 1.82) is 5.26 Å². The summed E-state index contributed by atoms with van der Waals surface area (Å²) in [6.45, 7) is -0.313. The molecule has 0 unspecified atom stereocenters. The number of carboxylic acid groups (broad SMARTS) is 1. The van der Waals surface area contributed by atoms with Crippen molar-refractivity contribution < 1.29 is 19.8 Å². The van der Waals surface area contributed by atoms with Gasteiger partial charge in [-0.25, -0.2) is 4.98 Å². The van der Waals surface area contributed by atoms with Gasteiger partial charge < -0.3 is 20.1 Å². The molecule has 0 aliphatic rings. The van der Waals surface area contributed by atoms with Crippen molar-refractivity contribution in [3.63, 3.8) is 0 Å². The van der Waals surface area contributed by atoms with Crippen LogP contribution in [0, 0.1) is 11.3 Å². The maximum absolute atomic E-state index is 12.3. The maximum atomic E-state index is 12.3. The first-order valence-corrected chi connectivity index (χ1v) is 10.2. The number of carbonyl (C=O) groups excluding carboxylic acids is 1. The highest BCUT2D eigenvalue weighted by atomic mass is 35.5. The number of aromatic nitrogens is 2. The number of hydrogen-bond acceptors (Lipinski definition) is 5. The fraction of sp³-hybridized carbons (Fsp3) is 0.0833. The lowest BCUT2D eigenvalue weighted by Crippen LogP contribution is -2.30. The van der Waals surface area contributed by atoms with Crippen molar-refractivity contribution in [2.24, 2.45) is 0 Å². The van der Waals surface area contributed by atoms with Gasteiger partial charge in [0.1, 0.15) is 12.6 Å². The zero-order valence-electron chi connectivity index (χ0n) is 17.1. The molecule has 0 saturated heterocycles. The Bertz CT molecular complexity index is 1410. The van der Waals surface area contributed by atoms with Crippen LogP contribution in [0.3, 0.4) is 0 Å². The number of carbonyl (C=O) groups is 2. The van der Waals surface area contributed by atoms with E-state index in [1.807, 2.05) is 60.7 Å². The van der Waals surface area contributed by atoms with Gasteiger partial charge in [0.05, 0.1) is 15.9 Å². The van der Waals surface area contributed by atoms with E-state index in [1.54, 1.807) is 10.8 Å². The van der Waals surface area contributed by atoms with E-state index in [4.69, 9.17) is 16.7 Å². The molecule has 164 valence electrons. The molecule has 33 heavy (non-hydrogen) atoms. The molecule has 3 N–H and O–H groups in total. The zero-order valence-corrected chi connectivity index (χ0v) is 17.9. The molecule has 9 heteroatoms. The molecule has 4 rings (SSSR count). The summed E-state index contributed by atoms with van der Waals surface area (Å²) in [6, 6.07) is 19.7. The van der Waals surface area contributed by atoms with Crippen LogP contribution in [0.4, 0.5) is 0 Å². The summed E-state index contributed by atoms with van der Waals surface area (Å²) in [5, 5.41) is 31.4. The largest absolute Gasteiger partial charge is 0.505 e. The quantitative estimate of drug-likeness (QED) is 0.401. The first-order valence-electron chi connectivity index (χ1n) is 9.84. The fourth-order valence-electron chi connectivity index (χ4n) is 3.57. The van der Waals surface area contributed by atoms with E-state index in [9.17, 15) is 20.0 Å². The Hall–Kier alpha value is -4.35. The molecule has 0 fully saturated rings. The van der Waals surface area contributed by atoms with E-state index in [1.165, 1.54) is 0 Å². The molecule has 0 atom stereocenters. The van der Waals surface area contributed by atoms with E-state index in [0.717, 1.165) is 16.7 Å². The number of hydrogen-bond donors (Lipinski definition) is 3. The molecule has 0 bridgehead atoms. The van der Waals surface area contributed by atoms with Crippen LogP contribution >= 0.6 is 11.6 Å². The molecule has 2 aromatic carbocycles. The maximum Gasteiger partial charge on any atom is 0.322 e. The minimum Gasteiger partial charge on any atom is -0.505 e. The van der Waals surface area contributed by atoms with E-state index in [-0.39, 0.29) is 21.6 Å². The summed E-state index contributed by atoms with van der Waals surface area (Å²) in [4.78, 5) is 27.0. The minimum atomic E-state index is -1.26. The van der Waals surface area contributed by atoms with Crippen molar-refractivity contribution in [1.82, 2.24) is 14.9 Å². The molecular weight excluding hydrogens is 444 g/mol. The molecule has 2 aromatic heterocycles. The number of halogens is 1. The van der Waals surface area contributed by atoms with Crippen LogP contribution in [-0.2, 0) is 11.3 Å². The van der Waals surface area contributed by atoms with E-state index < -0.39 is 29.9 Å². The number of nitrogens with one attached hydrogen (secondary N) is 1. The first kappa shape index (κ1) is 21.9. The van der Waals surface area contributed by atoms with Crippen molar-refractivity contribution in [2.75, 3.05) is 6.54 Å². The topological polar surface area (TPSA) is 128 Å². The van der Waals surface area contributed by atoms with Gasteiger partial charge >= 0.3 is 5.97 Å². The first-order chi connectivity index (χ1) is 15.9. The number of carboxylic acids is 1. The van der Waals surface area contributed by atoms with E-state index in [2.05, 4.69) is 10.3 Å². The zero-order chi connectivity index (χ0) is 23.5. The summed E-state index contributed by atoms with van der Waals surface area (Å²) in [5.74, 6) is -2.70. The minimum absolute atomic E-state index is 0.101. The van der Waals surface area contributed by atoms with Crippen LogP contribution in [0.5, 0.6) is 5.75 Å². The Kier molecular flexibility index (Phi) is 5.98. The molecule has 0 radical (unpaired) electrons. The number of nitriles is 1. The number of pyridine rings is 1. The van der Waals surface area contributed by atoms with Crippen molar-refractivity contribution in [3.8, 4) is 22.9 Å². The summed E-state index contributed by atoms with van der Waals surface area (Å²) >= 11 is 6.34. The van der Waals surface area contributed by atoms with Crippen molar-refractivity contribution in [3.05, 3.63) is 82.8 Å². The second-order valence-corrected chi connectivity index (χ2v) is 7.64. The van der Waals surface area contributed by atoms with Crippen molar-refractivity contribution in [2.45, 2.75) is 6.54 Å². The lowest BCUT2D eigenvalue weighted by atomic mass is 10.0. The second kappa shape index (κ2) is 9.02. The van der Waals surface area contributed by atoms with Crippen molar-refractivity contribution >= 4 is 34.4 Å². The summed E-state index contributed by atoms with van der Waals surface area (Å²) in [6.07, 6.45) is 1.55. The fourth-order valence-corrected chi connectivity index (χ4v) is 3.87. The monoisotopic (exact) mass is 460 g/mol. The van der Waals surface area contributed by atoms with Crippen LogP contribution in [0.1, 0.15) is 21.7 Å². The van der Waals surface area contributed by atoms with Crippen LogP contribution in [-0.4, -0.2) is 38.2 Å². The summed E-state index contributed by atoms with van der Waals surface area (Å²) in [7, 11) is 0. The molecule has 2 heterocycles. The lowest BCUT2D eigenvalue weighted by Gasteiger charge is -2.10. The number of amides is 1. The predicted molar refractivity (Wildman–Crippen MR) is 122 cm³/mol. The van der Waals surface area contributed by atoms with Crippen LogP contribution < -0.4 is 5.32 Å². The lowest BCUT2D eigenvalue weighted by molar-refractivity contribution is -0.135. The van der Waals surface area contributed by atoms with Crippen LogP contribution in [0.15, 0.2) is 60.8 Å². The highest BCUT2D eigenvalue weighted by Gasteiger charge is 2.24. The Labute approximate surface area is 193 Å². The molecule has 8 nitrogen and oxygen atoms in total. The average molecular weight is 461 g/mol. The molecular formula is C24H17ClN4O4. The Morgan fingerprint density at radius 1 is 1.09 bits per heavy atom. The number of benzene rings is 2. The Balaban J connectivity index is 1.71. The Morgan fingerprint density at radius 2 is 1.76 bits per heavy atom. The number of aliphatic carboxylic acids is 1. The molecule has 0 saturated carbocycles. The standard InChI is InChI=1S/C24H17ClN4O4/c25-17-13-29(12-14-6-8-16(9-7-14)15-4-2-1-3-5-15)22-18(10-26)28-21(23(32)20(17)22)24(33)27-11-19(30)31/h1-9,13,32H,11-12H2,(H,27,33)(H,30,31). The third-order valence-electron chi connectivity index (χ3n) is 5.08. The van der Waals surface area contributed by atoms with Gasteiger partial charge in [0.2, 0.25) is 0 Å². The molecule has 1 amide bonds.